The zero-order chi connectivity index (χ0) is 19.9. The highest BCUT2D eigenvalue weighted by Crippen LogP contribution is 2.22. The molecule has 0 fully saturated rings. The molecule has 0 saturated heterocycles. The van der Waals surface area contributed by atoms with E-state index in [1.165, 1.54) is 12.2 Å². The zero-order valence-corrected chi connectivity index (χ0v) is 16.1. The van der Waals surface area contributed by atoms with Crippen LogP contribution >= 0.6 is 0 Å². The van der Waals surface area contributed by atoms with Gasteiger partial charge in [0.2, 0.25) is 0 Å². The van der Waals surface area contributed by atoms with Gasteiger partial charge in [-0.05, 0) is 61.4 Å². The molecule has 0 spiro atoms. The van der Waals surface area contributed by atoms with Crippen LogP contribution in [0.2, 0.25) is 0 Å². The predicted molar refractivity (Wildman–Crippen MR) is 108 cm³/mol. The molecule has 0 aliphatic rings. The maximum absolute atomic E-state index is 12.6. The Hall–Kier alpha value is -3.14. The molecule has 27 heavy (non-hydrogen) atoms. The fourth-order valence-electron chi connectivity index (χ4n) is 2.37. The van der Waals surface area contributed by atoms with Crippen LogP contribution in [-0.4, -0.2) is 25.8 Å². The summed E-state index contributed by atoms with van der Waals surface area (Å²) in [6.07, 6.45) is 6.25. The summed E-state index contributed by atoms with van der Waals surface area (Å²) in [6.45, 7) is 3.26. The van der Waals surface area contributed by atoms with E-state index in [1.54, 1.807) is 40.2 Å². The van der Waals surface area contributed by atoms with Crippen LogP contribution in [0.1, 0.15) is 25.0 Å². The second-order valence-corrected chi connectivity index (χ2v) is 6.57. The first kappa shape index (κ1) is 20.2. The highest BCUT2D eigenvalue weighted by Gasteiger charge is 2.32. The zero-order valence-electron chi connectivity index (χ0n) is 16.1. The van der Waals surface area contributed by atoms with Crippen molar-refractivity contribution in [1.82, 2.24) is 0 Å². The minimum Gasteiger partial charge on any atom is -0.497 e. The van der Waals surface area contributed by atoms with Gasteiger partial charge in [-0.15, -0.1) is 0 Å². The molecule has 2 aromatic carbocycles. The van der Waals surface area contributed by atoms with Gasteiger partial charge in [0.05, 0.1) is 19.6 Å². The molecule has 4 heteroatoms. The molecular weight excluding hydrogens is 340 g/mol. The summed E-state index contributed by atoms with van der Waals surface area (Å²) < 4.78 is 10.3. The Labute approximate surface area is 160 Å². The number of rotatable bonds is 8. The fraction of sp³-hybridized carbons (Fsp3) is 0.217. The molecule has 0 aliphatic carbocycles. The van der Waals surface area contributed by atoms with Crippen molar-refractivity contribution in [3.8, 4) is 11.5 Å². The summed E-state index contributed by atoms with van der Waals surface area (Å²) >= 11 is 0. The van der Waals surface area contributed by atoms with E-state index >= 15 is 0 Å². The first-order chi connectivity index (χ1) is 12.9. The van der Waals surface area contributed by atoms with Crippen molar-refractivity contribution >= 4 is 23.7 Å². The molecule has 0 heterocycles. The quantitative estimate of drug-likeness (QED) is 0.508. The molecule has 140 valence electrons. The maximum atomic E-state index is 12.6. The molecule has 0 radical (unpaired) electrons. The monoisotopic (exact) mass is 364 g/mol. The molecule has 0 aromatic heterocycles. The summed E-state index contributed by atoms with van der Waals surface area (Å²) in [5.41, 5.74) is 0.515. The molecule has 2 rings (SSSR count). The van der Waals surface area contributed by atoms with E-state index in [0.29, 0.717) is 11.5 Å². The van der Waals surface area contributed by atoms with Gasteiger partial charge in [-0.1, -0.05) is 36.4 Å². The summed E-state index contributed by atoms with van der Waals surface area (Å²) in [5, 5.41) is 0. The lowest BCUT2D eigenvalue weighted by Gasteiger charge is -2.17. The van der Waals surface area contributed by atoms with E-state index in [1.807, 2.05) is 48.5 Å². The minimum atomic E-state index is -1.15. The summed E-state index contributed by atoms with van der Waals surface area (Å²) in [7, 11) is 3.18. The normalized spacial score (nSPS) is 11.7. The van der Waals surface area contributed by atoms with Gasteiger partial charge in [0.1, 0.15) is 11.5 Å². The summed E-state index contributed by atoms with van der Waals surface area (Å²) in [5.74, 6) is 0.901. The van der Waals surface area contributed by atoms with E-state index in [0.717, 1.165) is 11.1 Å². The maximum Gasteiger partial charge on any atom is 0.169 e. The second kappa shape index (κ2) is 8.99. The predicted octanol–water partition coefficient (Wildman–Crippen LogP) is 4.59. The van der Waals surface area contributed by atoms with Crippen LogP contribution in [0, 0.1) is 5.41 Å². The number of carbonyl (C=O) groups is 2. The van der Waals surface area contributed by atoms with E-state index in [-0.39, 0.29) is 11.6 Å². The standard InChI is InChI=1S/C23H24O4/c1-23(2,21(24)13-11-17-7-5-9-19(15-17)26-3)22(25)14-12-18-8-6-10-20(16-18)27-4/h5-16H,1-4H3/b13-11+,14-12+. The van der Waals surface area contributed by atoms with Crippen LogP contribution in [0.3, 0.4) is 0 Å². The third-order valence-electron chi connectivity index (χ3n) is 4.27. The van der Waals surface area contributed by atoms with Crippen molar-refractivity contribution in [3.05, 3.63) is 71.8 Å². The number of hydrogen-bond donors (Lipinski definition) is 0. The Morgan fingerprint density at radius 1 is 0.778 bits per heavy atom. The molecule has 2 aromatic rings. The number of allylic oxidation sites excluding steroid dienone is 2. The van der Waals surface area contributed by atoms with Crippen LogP contribution in [0.5, 0.6) is 11.5 Å². The molecule has 4 nitrogen and oxygen atoms in total. The van der Waals surface area contributed by atoms with Gasteiger partial charge in [-0.2, -0.15) is 0 Å². The Morgan fingerprint density at radius 3 is 1.56 bits per heavy atom. The molecule has 0 bridgehead atoms. The van der Waals surface area contributed by atoms with Gasteiger partial charge in [0, 0.05) is 0 Å². The molecule has 0 atom stereocenters. The highest BCUT2D eigenvalue weighted by molar-refractivity contribution is 6.16. The molecule has 0 N–H and O–H groups in total. The molecule has 0 unspecified atom stereocenters. The van der Waals surface area contributed by atoms with Crippen LogP contribution < -0.4 is 9.47 Å². The largest absolute Gasteiger partial charge is 0.497 e. The lowest BCUT2D eigenvalue weighted by molar-refractivity contribution is -0.132. The Morgan fingerprint density at radius 2 is 1.19 bits per heavy atom. The summed E-state index contributed by atoms with van der Waals surface area (Å²) in [6, 6.07) is 14.7. The molecule has 0 saturated carbocycles. The van der Waals surface area contributed by atoms with Gasteiger partial charge in [0.25, 0.3) is 0 Å². The lowest BCUT2D eigenvalue weighted by atomic mass is 9.82. The van der Waals surface area contributed by atoms with Gasteiger partial charge < -0.3 is 9.47 Å². The van der Waals surface area contributed by atoms with Crippen molar-refractivity contribution in [2.75, 3.05) is 14.2 Å². The Bertz CT molecular complexity index is 804. The van der Waals surface area contributed by atoms with Gasteiger partial charge in [0.15, 0.2) is 11.6 Å². The Balaban J connectivity index is 2.10. The van der Waals surface area contributed by atoms with E-state index in [9.17, 15) is 9.59 Å². The molecule has 0 amide bonds. The topological polar surface area (TPSA) is 52.6 Å². The van der Waals surface area contributed by atoms with Crippen LogP contribution in [0.25, 0.3) is 12.2 Å². The van der Waals surface area contributed by atoms with Crippen molar-refractivity contribution in [2.24, 2.45) is 5.41 Å². The van der Waals surface area contributed by atoms with Crippen molar-refractivity contribution in [2.45, 2.75) is 13.8 Å². The average molecular weight is 364 g/mol. The van der Waals surface area contributed by atoms with Crippen LogP contribution in [0.15, 0.2) is 60.7 Å². The number of benzene rings is 2. The van der Waals surface area contributed by atoms with Crippen molar-refractivity contribution in [3.63, 3.8) is 0 Å². The van der Waals surface area contributed by atoms with Gasteiger partial charge in [-0.3, -0.25) is 9.59 Å². The SMILES string of the molecule is COc1cccc(/C=C/C(=O)C(C)(C)C(=O)/C=C/c2cccc(OC)c2)c1. The van der Waals surface area contributed by atoms with E-state index in [4.69, 9.17) is 9.47 Å². The van der Waals surface area contributed by atoms with Gasteiger partial charge >= 0.3 is 0 Å². The minimum absolute atomic E-state index is 0.259. The Kier molecular flexibility index (Phi) is 6.72. The van der Waals surface area contributed by atoms with Crippen molar-refractivity contribution < 1.29 is 19.1 Å². The number of methoxy groups -OCH3 is 2. The number of carbonyl (C=O) groups excluding carboxylic acids is 2. The van der Waals surface area contributed by atoms with E-state index < -0.39 is 5.41 Å². The lowest BCUT2D eigenvalue weighted by Crippen LogP contribution is -2.30. The van der Waals surface area contributed by atoms with Crippen LogP contribution in [-0.2, 0) is 9.59 Å². The average Bonchev–Trinajstić information content (AvgIpc) is 2.70. The number of ether oxygens (including phenoxy) is 2. The summed E-state index contributed by atoms with van der Waals surface area (Å²) in [4.78, 5) is 25.1. The number of hydrogen-bond acceptors (Lipinski definition) is 4. The first-order valence-electron chi connectivity index (χ1n) is 8.60. The first-order valence-corrected chi connectivity index (χ1v) is 8.60. The van der Waals surface area contributed by atoms with E-state index in [2.05, 4.69) is 0 Å². The molecule has 0 aliphatic heterocycles. The third kappa shape index (κ3) is 5.42. The van der Waals surface area contributed by atoms with Crippen LogP contribution in [0.4, 0.5) is 0 Å². The van der Waals surface area contributed by atoms with Crippen molar-refractivity contribution in [1.29, 1.82) is 0 Å². The smallest absolute Gasteiger partial charge is 0.169 e. The second-order valence-electron chi connectivity index (χ2n) is 6.57. The number of ketones is 2. The fourth-order valence-corrected chi connectivity index (χ4v) is 2.37. The highest BCUT2D eigenvalue weighted by atomic mass is 16.5. The molecular formula is C23H24O4. The van der Waals surface area contributed by atoms with Gasteiger partial charge in [-0.25, -0.2) is 0 Å². The third-order valence-corrected chi connectivity index (χ3v) is 4.27.